The summed E-state index contributed by atoms with van der Waals surface area (Å²) in [5, 5.41) is 0. The van der Waals surface area contributed by atoms with Crippen LogP contribution >= 0.6 is 0 Å². The number of ether oxygens (including phenoxy) is 2. The third-order valence-electron chi connectivity index (χ3n) is 3.08. The average Bonchev–Trinajstić information content (AvgIpc) is 2.32. The van der Waals surface area contributed by atoms with Crippen molar-refractivity contribution in [2.24, 2.45) is 0 Å². The quantitative estimate of drug-likeness (QED) is 0.610. The second-order valence-electron chi connectivity index (χ2n) is 4.60. The van der Waals surface area contributed by atoms with Crippen molar-refractivity contribution in [3.8, 4) is 5.75 Å². The summed E-state index contributed by atoms with van der Waals surface area (Å²) in [6, 6.07) is 6.18. The van der Waals surface area contributed by atoms with E-state index in [0.717, 1.165) is 19.3 Å². The zero-order chi connectivity index (χ0) is 13.0. The van der Waals surface area contributed by atoms with Crippen LogP contribution in [0.5, 0.6) is 5.75 Å². The van der Waals surface area contributed by atoms with Gasteiger partial charge in [-0.1, -0.05) is 18.6 Å². The molecule has 4 heteroatoms. The normalized spacial score (nSPS) is 18.1. The van der Waals surface area contributed by atoms with Gasteiger partial charge >= 0.3 is 5.97 Å². The molecule has 98 valence electrons. The Bertz CT molecular complexity index is 425. The Morgan fingerprint density at radius 1 is 1.22 bits per heavy atom. The van der Waals surface area contributed by atoms with Crippen molar-refractivity contribution in [2.45, 2.75) is 44.8 Å². The van der Waals surface area contributed by atoms with Crippen LogP contribution in [0.3, 0.4) is 0 Å². The molecule has 18 heavy (non-hydrogen) atoms. The second kappa shape index (κ2) is 5.38. The molecule has 0 spiro atoms. The lowest BCUT2D eigenvalue weighted by Crippen LogP contribution is -2.42. The van der Waals surface area contributed by atoms with Crippen molar-refractivity contribution in [2.75, 3.05) is 0 Å². The fourth-order valence-electron chi connectivity index (χ4n) is 2.31. The average molecular weight is 252 g/mol. The van der Waals surface area contributed by atoms with Gasteiger partial charge in [-0.2, -0.15) is 0 Å². The van der Waals surface area contributed by atoms with Crippen LogP contribution in [0.25, 0.3) is 0 Å². The summed E-state index contributed by atoms with van der Waals surface area (Å²) in [7, 11) is 0. The van der Waals surface area contributed by atoms with Gasteiger partial charge in [0.1, 0.15) is 0 Å². The lowest BCUT2D eigenvalue weighted by atomic mass is 9.94. The van der Waals surface area contributed by atoms with Crippen LogP contribution in [-0.4, -0.2) is 11.8 Å². The van der Waals surface area contributed by atoms with E-state index >= 15 is 0 Å². The zero-order valence-electron chi connectivity index (χ0n) is 10.4. The number of carbonyl (C=O) groups excluding carboxylic acids is 1. The van der Waals surface area contributed by atoms with E-state index in [9.17, 15) is 9.18 Å². The molecular formula is C14H17FO3. The van der Waals surface area contributed by atoms with E-state index in [-0.39, 0.29) is 5.75 Å². The number of hydrogen-bond acceptors (Lipinski definition) is 3. The van der Waals surface area contributed by atoms with Crippen LogP contribution in [0, 0.1) is 5.82 Å². The van der Waals surface area contributed by atoms with E-state index in [4.69, 9.17) is 9.47 Å². The van der Waals surface area contributed by atoms with Crippen molar-refractivity contribution >= 4 is 5.97 Å². The van der Waals surface area contributed by atoms with E-state index in [2.05, 4.69) is 0 Å². The Kier molecular flexibility index (Phi) is 3.84. The minimum absolute atomic E-state index is 0.139. The maximum absolute atomic E-state index is 13.6. The topological polar surface area (TPSA) is 35.5 Å². The van der Waals surface area contributed by atoms with Crippen molar-refractivity contribution in [1.29, 1.82) is 0 Å². The van der Waals surface area contributed by atoms with Crippen molar-refractivity contribution in [3.63, 3.8) is 0 Å². The molecule has 0 saturated heterocycles. The molecule has 1 saturated carbocycles. The van der Waals surface area contributed by atoms with Gasteiger partial charge in [0.25, 0.3) is 5.79 Å². The van der Waals surface area contributed by atoms with Crippen molar-refractivity contribution in [1.82, 2.24) is 0 Å². The lowest BCUT2D eigenvalue weighted by molar-refractivity contribution is -0.206. The molecule has 0 aliphatic heterocycles. The predicted molar refractivity (Wildman–Crippen MR) is 64.6 cm³/mol. The molecule has 1 aliphatic carbocycles. The van der Waals surface area contributed by atoms with E-state index in [1.165, 1.54) is 13.0 Å². The van der Waals surface area contributed by atoms with E-state index in [1.807, 2.05) is 0 Å². The molecule has 0 amide bonds. The highest BCUT2D eigenvalue weighted by molar-refractivity contribution is 5.66. The van der Waals surface area contributed by atoms with Crippen LogP contribution in [0.15, 0.2) is 24.3 Å². The molecule has 0 bridgehead atoms. The summed E-state index contributed by atoms with van der Waals surface area (Å²) in [5.74, 6) is -1.68. The molecular weight excluding hydrogens is 235 g/mol. The molecule has 1 fully saturated rings. The van der Waals surface area contributed by atoms with E-state index < -0.39 is 17.6 Å². The molecule has 0 unspecified atom stereocenters. The highest BCUT2D eigenvalue weighted by Gasteiger charge is 2.38. The summed E-state index contributed by atoms with van der Waals surface area (Å²) in [4.78, 5) is 11.2. The maximum atomic E-state index is 13.6. The van der Waals surface area contributed by atoms with E-state index in [0.29, 0.717) is 12.8 Å². The van der Waals surface area contributed by atoms with Crippen LogP contribution in [-0.2, 0) is 9.53 Å². The first-order chi connectivity index (χ1) is 8.61. The molecule has 2 rings (SSSR count). The summed E-state index contributed by atoms with van der Waals surface area (Å²) in [6.07, 6.45) is 4.15. The molecule has 3 nitrogen and oxygen atoms in total. The number of esters is 1. The Labute approximate surface area is 106 Å². The van der Waals surface area contributed by atoms with Gasteiger partial charge in [-0.3, -0.25) is 4.79 Å². The summed E-state index contributed by atoms with van der Waals surface area (Å²) in [5.41, 5.74) is 0. The number of carbonyl (C=O) groups is 1. The summed E-state index contributed by atoms with van der Waals surface area (Å²) in [6.45, 7) is 1.35. The molecule has 0 aromatic heterocycles. The lowest BCUT2D eigenvalue weighted by Gasteiger charge is -2.36. The molecule has 1 aliphatic rings. The van der Waals surface area contributed by atoms with Gasteiger partial charge in [0.15, 0.2) is 11.6 Å². The second-order valence-corrected chi connectivity index (χ2v) is 4.60. The first-order valence-corrected chi connectivity index (χ1v) is 6.24. The van der Waals surface area contributed by atoms with Gasteiger partial charge in [0.05, 0.1) is 0 Å². The summed E-state index contributed by atoms with van der Waals surface area (Å²) >= 11 is 0. The van der Waals surface area contributed by atoms with Crippen molar-refractivity contribution < 1.29 is 18.7 Å². The standard InChI is InChI=1S/C14H17FO3/c1-11(16)17-14(9-5-2-6-10-14)18-13-8-4-3-7-12(13)15/h3-4,7-8H,2,5-6,9-10H2,1H3. The van der Waals surface area contributed by atoms with Gasteiger partial charge in [0, 0.05) is 19.8 Å². The fourth-order valence-corrected chi connectivity index (χ4v) is 2.31. The molecule has 0 radical (unpaired) electrons. The van der Waals surface area contributed by atoms with Crippen LogP contribution in [0.1, 0.15) is 39.0 Å². The minimum atomic E-state index is -0.994. The molecule has 0 heterocycles. The SMILES string of the molecule is CC(=O)OC1(Oc2ccccc2F)CCCCC1. The third kappa shape index (κ3) is 3.00. The van der Waals surface area contributed by atoms with E-state index in [1.54, 1.807) is 18.2 Å². The number of hydrogen-bond donors (Lipinski definition) is 0. The number of para-hydroxylation sites is 1. The van der Waals surface area contributed by atoms with Crippen LogP contribution in [0.4, 0.5) is 4.39 Å². The fraction of sp³-hybridized carbons (Fsp3) is 0.500. The van der Waals surface area contributed by atoms with Gasteiger partial charge in [0.2, 0.25) is 0 Å². The van der Waals surface area contributed by atoms with Crippen molar-refractivity contribution in [3.05, 3.63) is 30.1 Å². The monoisotopic (exact) mass is 252 g/mol. The molecule has 0 atom stereocenters. The molecule has 0 N–H and O–H groups in total. The van der Waals surface area contributed by atoms with Gasteiger partial charge in [-0.15, -0.1) is 0 Å². The van der Waals surface area contributed by atoms with Gasteiger partial charge in [-0.05, 0) is 25.0 Å². The number of benzene rings is 1. The Morgan fingerprint density at radius 2 is 1.89 bits per heavy atom. The Hall–Kier alpha value is -1.58. The number of rotatable bonds is 3. The van der Waals surface area contributed by atoms with Crippen LogP contribution < -0.4 is 4.74 Å². The highest BCUT2D eigenvalue weighted by atomic mass is 19.1. The maximum Gasteiger partial charge on any atom is 0.305 e. The highest BCUT2D eigenvalue weighted by Crippen LogP contribution is 2.35. The third-order valence-corrected chi connectivity index (χ3v) is 3.08. The smallest absolute Gasteiger partial charge is 0.305 e. The molecule has 1 aromatic carbocycles. The Morgan fingerprint density at radius 3 is 2.50 bits per heavy atom. The molecule has 1 aromatic rings. The Balaban J connectivity index is 2.19. The largest absolute Gasteiger partial charge is 0.449 e. The predicted octanol–water partition coefficient (Wildman–Crippen LogP) is 3.43. The summed E-state index contributed by atoms with van der Waals surface area (Å²) < 4.78 is 24.6. The van der Waals surface area contributed by atoms with Gasteiger partial charge in [-0.25, -0.2) is 4.39 Å². The minimum Gasteiger partial charge on any atom is -0.449 e. The first-order valence-electron chi connectivity index (χ1n) is 6.24. The zero-order valence-corrected chi connectivity index (χ0v) is 10.4. The van der Waals surface area contributed by atoms with Gasteiger partial charge < -0.3 is 9.47 Å². The first kappa shape index (κ1) is 12.9. The number of halogens is 1. The van der Waals surface area contributed by atoms with Crippen LogP contribution in [0.2, 0.25) is 0 Å².